The molecule has 2 aliphatic rings. The summed E-state index contributed by atoms with van der Waals surface area (Å²) in [7, 11) is 2.20. The zero-order valence-corrected chi connectivity index (χ0v) is 12.0. The summed E-state index contributed by atoms with van der Waals surface area (Å²) in [6.45, 7) is 1.97. The van der Waals surface area contributed by atoms with Crippen LogP contribution in [-0.4, -0.2) is 35.0 Å². The van der Waals surface area contributed by atoms with Crippen LogP contribution >= 0.6 is 0 Å². The second kappa shape index (κ2) is 5.05. The Morgan fingerprint density at radius 1 is 1.30 bits per heavy atom. The highest BCUT2D eigenvalue weighted by Gasteiger charge is 2.38. The number of nitrogens with zero attached hydrogens (tertiary/aromatic N) is 2. The van der Waals surface area contributed by atoms with E-state index < -0.39 is 0 Å². The lowest BCUT2D eigenvalue weighted by atomic mass is 9.97. The molecule has 1 aromatic carbocycles. The molecule has 5 heteroatoms. The number of anilines is 1. The SMILES string of the molecule is Cc1ccc([N+](=O)[O-])c(NC2CC3CCC(C2)N3C)c1. The minimum Gasteiger partial charge on any atom is -0.377 e. The molecule has 1 aromatic rings. The van der Waals surface area contributed by atoms with Crippen molar-refractivity contribution in [1.29, 1.82) is 0 Å². The fourth-order valence-corrected chi connectivity index (χ4v) is 3.67. The number of nitro groups is 1. The molecule has 0 amide bonds. The van der Waals surface area contributed by atoms with Gasteiger partial charge < -0.3 is 10.2 Å². The third-order valence-corrected chi connectivity index (χ3v) is 4.81. The van der Waals surface area contributed by atoms with Crippen LogP contribution in [-0.2, 0) is 0 Å². The van der Waals surface area contributed by atoms with E-state index >= 15 is 0 Å². The maximum atomic E-state index is 11.1. The largest absolute Gasteiger partial charge is 0.377 e. The number of benzene rings is 1. The fraction of sp³-hybridized carbons (Fsp3) is 0.600. The molecular weight excluding hydrogens is 254 g/mol. The number of fused-ring (bicyclic) bond motifs is 2. The molecule has 2 bridgehead atoms. The standard InChI is InChI=1S/C15H21N3O2/c1-10-3-6-15(18(19)20)14(7-10)16-11-8-12-4-5-13(9-11)17(12)2/h3,6-7,11-13,16H,4-5,8-9H2,1-2H3. The number of piperidine rings is 1. The van der Waals surface area contributed by atoms with E-state index in [4.69, 9.17) is 0 Å². The molecule has 0 spiro atoms. The van der Waals surface area contributed by atoms with Crippen LogP contribution in [0.5, 0.6) is 0 Å². The van der Waals surface area contributed by atoms with E-state index in [2.05, 4.69) is 17.3 Å². The van der Waals surface area contributed by atoms with E-state index in [1.54, 1.807) is 12.1 Å². The minimum atomic E-state index is -0.300. The Balaban J connectivity index is 1.78. The molecule has 2 fully saturated rings. The first-order valence-corrected chi connectivity index (χ1v) is 7.28. The summed E-state index contributed by atoms with van der Waals surface area (Å²) in [4.78, 5) is 13.3. The molecular formula is C15H21N3O2. The Hall–Kier alpha value is -1.62. The van der Waals surface area contributed by atoms with E-state index in [1.165, 1.54) is 12.8 Å². The summed E-state index contributed by atoms with van der Waals surface area (Å²) >= 11 is 0. The van der Waals surface area contributed by atoms with Crippen molar-refractivity contribution in [3.05, 3.63) is 33.9 Å². The molecule has 2 aliphatic heterocycles. The number of nitrogens with one attached hydrogen (secondary N) is 1. The summed E-state index contributed by atoms with van der Waals surface area (Å²) in [6.07, 6.45) is 4.68. The molecule has 2 atom stereocenters. The van der Waals surface area contributed by atoms with E-state index in [0.717, 1.165) is 18.4 Å². The van der Waals surface area contributed by atoms with Gasteiger partial charge in [0.1, 0.15) is 5.69 Å². The Kier molecular flexibility index (Phi) is 3.38. The van der Waals surface area contributed by atoms with Gasteiger partial charge in [0, 0.05) is 24.2 Å². The molecule has 20 heavy (non-hydrogen) atoms. The molecule has 2 saturated heterocycles. The van der Waals surface area contributed by atoms with Gasteiger partial charge in [0.2, 0.25) is 0 Å². The number of hydrogen-bond acceptors (Lipinski definition) is 4. The Labute approximate surface area is 119 Å². The lowest BCUT2D eigenvalue weighted by Gasteiger charge is -2.37. The molecule has 0 radical (unpaired) electrons. The first kappa shape index (κ1) is 13.4. The average Bonchev–Trinajstić information content (AvgIpc) is 2.62. The summed E-state index contributed by atoms with van der Waals surface area (Å²) in [6, 6.07) is 6.90. The van der Waals surface area contributed by atoms with Crippen molar-refractivity contribution in [3.63, 3.8) is 0 Å². The van der Waals surface area contributed by atoms with Crippen LogP contribution in [0.3, 0.4) is 0 Å². The molecule has 1 N–H and O–H groups in total. The van der Waals surface area contributed by atoms with Gasteiger partial charge in [0.15, 0.2) is 0 Å². The van der Waals surface area contributed by atoms with E-state index in [-0.39, 0.29) is 10.6 Å². The first-order valence-electron chi connectivity index (χ1n) is 7.28. The normalized spacial score (nSPS) is 29.4. The summed E-state index contributed by atoms with van der Waals surface area (Å²) in [5, 5.41) is 14.5. The number of rotatable bonds is 3. The fourth-order valence-electron chi connectivity index (χ4n) is 3.67. The third kappa shape index (κ3) is 2.38. The summed E-state index contributed by atoms with van der Waals surface area (Å²) in [5.74, 6) is 0. The Bertz CT molecular complexity index is 518. The third-order valence-electron chi connectivity index (χ3n) is 4.81. The van der Waals surface area contributed by atoms with Crippen LogP contribution in [0.25, 0.3) is 0 Å². The maximum absolute atomic E-state index is 11.1. The molecule has 3 rings (SSSR count). The van der Waals surface area contributed by atoms with Crippen LogP contribution in [0.1, 0.15) is 31.2 Å². The highest BCUT2D eigenvalue weighted by Crippen LogP contribution is 2.36. The van der Waals surface area contributed by atoms with Crippen LogP contribution in [0.2, 0.25) is 0 Å². The second-order valence-electron chi connectivity index (χ2n) is 6.14. The van der Waals surface area contributed by atoms with Gasteiger partial charge in [-0.25, -0.2) is 0 Å². The van der Waals surface area contributed by atoms with Gasteiger partial charge in [-0.3, -0.25) is 10.1 Å². The highest BCUT2D eigenvalue weighted by molar-refractivity contribution is 5.63. The van der Waals surface area contributed by atoms with E-state index in [9.17, 15) is 10.1 Å². The number of aryl methyl sites for hydroxylation is 1. The number of nitro benzene ring substituents is 1. The zero-order chi connectivity index (χ0) is 14.3. The van der Waals surface area contributed by atoms with Crippen molar-refractivity contribution in [2.75, 3.05) is 12.4 Å². The lowest BCUT2D eigenvalue weighted by molar-refractivity contribution is -0.384. The van der Waals surface area contributed by atoms with Gasteiger partial charge in [-0.1, -0.05) is 6.07 Å². The predicted molar refractivity (Wildman–Crippen MR) is 79.1 cm³/mol. The van der Waals surface area contributed by atoms with E-state index in [1.807, 2.05) is 13.0 Å². The molecule has 0 aromatic heterocycles. The van der Waals surface area contributed by atoms with Crippen molar-refractivity contribution in [2.24, 2.45) is 0 Å². The predicted octanol–water partition coefficient (Wildman–Crippen LogP) is 2.94. The summed E-state index contributed by atoms with van der Waals surface area (Å²) < 4.78 is 0. The zero-order valence-electron chi connectivity index (χ0n) is 12.0. The first-order chi connectivity index (χ1) is 9.54. The maximum Gasteiger partial charge on any atom is 0.292 e. The van der Waals surface area contributed by atoms with Crippen molar-refractivity contribution in [2.45, 2.75) is 50.7 Å². The van der Waals surface area contributed by atoms with Gasteiger partial charge in [0.25, 0.3) is 5.69 Å². The van der Waals surface area contributed by atoms with Crippen LogP contribution in [0.4, 0.5) is 11.4 Å². The average molecular weight is 275 g/mol. The smallest absolute Gasteiger partial charge is 0.292 e. The van der Waals surface area contributed by atoms with Crippen molar-refractivity contribution in [1.82, 2.24) is 4.90 Å². The van der Waals surface area contributed by atoms with Gasteiger partial charge in [0.05, 0.1) is 4.92 Å². The van der Waals surface area contributed by atoms with Crippen molar-refractivity contribution >= 4 is 11.4 Å². The Morgan fingerprint density at radius 2 is 1.95 bits per heavy atom. The molecule has 5 nitrogen and oxygen atoms in total. The monoisotopic (exact) mass is 275 g/mol. The lowest BCUT2D eigenvalue weighted by Crippen LogP contribution is -2.44. The van der Waals surface area contributed by atoms with Crippen LogP contribution in [0, 0.1) is 17.0 Å². The van der Waals surface area contributed by atoms with Gasteiger partial charge in [-0.05, 0) is 51.3 Å². The van der Waals surface area contributed by atoms with Crippen LogP contribution < -0.4 is 5.32 Å². The number of hydrogen-bond donors (Lipinski definition) is 1. The molecule has 0 aliphatic carbocycles. The summed E-state index contributed by atoms with van der Waals surface area (Å²) in [5.41, 5.74) is 1.90. The second-order valence-corrected chi connectivity index (χ2v) is 6.14. The minimum absolute atomic E-state index is 0.182. The van der Waals surface area contributed by atoms with Gasteiger partial charge in [-0.2, -0.15) is 0 Å². The van der Waals surface area contributed by atoms with Crippen molar-refractivity contribution < 1.29 is 4.92 Å². The van der Waals surface area contributed by atoms with Gasteiger partial charge >= 0.3 is 0 Å². The van der Waals surface area contributed by atoms with E-state index in [0.29, 0.717) is 23.8 Å². The Morgan fingerprint density at radius 3 is 2.55 bits per heavy atom. The van der Waals surface area contributed by atoms with Gasteiger partial charge in [-0.15, -0.1) is 0 Å². The molecule has 2 heterocycles. The van der Waals surface area contributed by atoms with Crippen molar-refractivity contribution in [3.8, 4) is 0 Å². The topological polar surface area (TPSA) is 58.4 Å². The molecule has 0 saturated carbocycles. The molecule has 108 valence electrons. The highest BCUT2D eigenvalue weighted by atomic mass is 16.6. The van der Waals surface area contributed by atoms with Crippen LogP contribution in [0.15, 0.2) is 18.2 Å². The quantitative estimate of drug-likeness (QED) is 0.680. The molecule has 2 unspecified atom stereocenters.